The molecule has 0 bridgehead atoms. The van der Waals surface area contributed by atoms with Gasteiger partial charge in [0, 0.05) is 0 Å². The summed E-state index contributed by atoms with van der Waals surface area (Å²) < 4.78 is 5.42. The average molecular weight is 155 g/mol. The van der Waals surface area contributed by atoms with E-state index in [9.17, 15) is 0 Å². The Kier molecular flexibility index (Phi) is 1.91. The predicted octanol–water partition coefficient (Wildman–Crippen LogP) is 0.830. The van der Waals surface area contributed by atoms with Gasteiger partial charge in [-0.25, -0.2) is 0 Å². The van der Waals surface area contributed by atoms with Crippen molar-refractivity contribution in [1.29, 1.82) is 5.26 Å². The van der Waals surface area contributed by atoms with Gasteiger partial charge in [0.15, 0.2) is 5.60 Å². The summed E-state index contributed by atoms with van der Waals surface area (Å²) in [5.41, 5.74) is -1.18. The molecule has 3 nitrogen and oxygen atoms in total. The highest BCUT2D eigenvalue weighted by Gasteiger charge is 2.43. The minimum absolute atomic E-state index is 0.00965. The number of ether oxygens (including phenoxy) is 1. The standard InChI is InChI=1S/C8H13NO2/c1-7(5-9)3-4-8(2,6-10)11-7/h10H,3-4,6H2,1-2H3/t7-,8+/m0/s1. The quantitative estimate of drug-likeness (QED) is 0.610. The lowest BCUT2D eigenvalue weighted by Gasteiger charge is -2.23. The molecule has 0 radical (unpaired) electrons. The van der Waals surface area contributed by atoms with Gasteiger partial charge in [-0.15, -0.1) is 0 Å². The number of rotatable bonds is 1. The van der Waals surface area contributed by atoms with Crippen LogP contribution in [0.5, 0.6) is 0 Å². The Morgan fingerprint density at radius 2 is 2.18 bits per heavy atom. The smallest absolute Gasteiger partial charge is 0.152 e. The van der Waals surface area contributed by atoms with Crippen molar-refractivity contribution in [3.63, 3.8) is 0 Å². The van der Waals surface area contributed by atoms with Crippen molar-refractivity contribution in [2.45, 2.75) is 37.9 Å². The predicted molar refractivity (Wildman–Crippen MR) is 39.8 cm³/mol. The van der Waals surface area contributed by atoms with Crippen molar-refractivity contribution in [3.05, 3.63) is 0 Å². The summed E-state index contributed by atoms with van der Waals surface area (Å²) in [5, 5.41) is 17.6. The second kappa shape index (κ2) is 2.47. The summed E-state index contributed by atoms with van der Waals surface area (Å²) in [7, 11) is 0. The van der Waals surface area contributed by atoms with Crippen molar-refractivity contribution >= 4 is 0 Å². The van der Waals surface area contributed by atoms with E-state index in [0.717, 1.165) is 6.42 Å². The molecule has 0 amide bonds. The summed E-state index contributed by atoms with van der Waals surface area (Å²) in [6.07, 6.45) is 1.47. The fourth-order valence-electron chi connectivity index (χ4n) is 1.34. The molecule has 0 aromatic rings. The third kappa shape index (κ3) is 1.52. The first kappa shape index (κ1) is 8.51. The van der Waals surface area contributed by atoms with E-state index >= 15 is 0 Å². The van der Waals surface area contributed by atoms with E-state index in [-0.39, 0.29) is 6.61 Å². The van der Waals surface area contributed by atoms with Crippen molar-refractivity contribution in [1.82, 2.24) is 0 Å². The molecule has 2 atom stereocenters. The number of nitriles is 1. The van der Waals surface area contributed by atoms with Gasteiger partial charge in [-0.3, -0.25) is 0 Å². The first-order chi connectivity index (χ1) is 5.04. The average Bonchev–Trinajstić information content (AvgIpc) is 2.30. The third-order valence-electron chi connectivity index (χ3n) is 2.17. The van der Waals surface area contributed by atoms with Gasteiger partial charge in [0.05, 0.1) is 18.3 Å². The van der Waals surface area contributed by atoms with Crippen LogP contribution >= 0.6 is 0 Å². The second-order valence-corrected chi connectivity index (χ2v) is 3.55. The fourth-order valence-corrected chi connectivity index (χ4v) is 1.34. The Morgan fingerprint density at radius 1 is 1.55 bits per heavy atom. The van der Waals surface area contributed by atoms with Crippen LogP contribution in [0.15, 0.2) is 0 Å². The highest BCUT2D eigenvalue weighted by molar-refractivity contribution is 5.05. The third-order valence-corrected chi connectivity index (χ3v) is 2.17. The van der Waals surface area contributed by atoms with Gasteiger partial charge in [0.25, 0.3) is 0 Å². The molecule has 0 unspecified atom stereocenters. The molecule has 1 rings (SSSR count). The van der Waals surface area contributed by atoms with E-state index in [1.54, 1.807) is 6.92 Å². The summed E-state index contributed by atoms with van der Waals surface area (Å²) in [5.74, 6) is 0. The molecule has 1 aliphatic rings. The fraction of sp³-hybridized carbons (Fsp3) is 0.875. The zero-order chi connectivity index (χ0) is 8.54. The SMILES string of the molecule is C[C@]1(CO)CC[C@@](C)(C#N)O1. The first-order valence-corrected chi connectivity index (χ1v) is 3.76. The largest absolute Gasteiger partial charge is 0.393 e. The monoisotopic (exact) mass is 155 g/mol. The maximum atomic E-state index is 8.92. The molecule has 1 N–H and O–H groups in total. The minimum atomic E-state index is -0.683. The van der Waals surface area contributed by atoms with Gasteiger partial charge in [-0.1, -0.05) is 0 Å². The van der Waals surface area contributed by atoms with Crippen LogP contribution in [0.2, 0.25) is 0 Å². The molecule has 1 aliphatic heterocycles. The Bertz CT molecular complexity index is 199. The Hall–Kier alpha value is -0.590. The van der Waals surface area contributed by atoms with E-state index in [2.05, 4.69) is 6.07 Å². The van der Waals surface area contributed by atoms with Gasteiger partial charge in [-0.05, 0) is 26.7 Å². The van der Waals surface area contributed by atoms with Crippen molar-refractivity contribution in [2.75, 3.05) is 6.61 Å². The van der Waals surface area contributed by atoms with Crippen LogP contribution in [0.4, 0.5) is 0 Å². The number of nitrogens with zero attached hydrogens (tertiary/aromatic N) is 1. The van der Waals surface area contributed by atoms with E-state index in [1.165, 1.54) is 0 Å². The lowest BCUT2D eigenvalue weighted by atomic mass is 10.00. The van der Waals surface area contributed by atoms with E-state index in [0.29, 0.717) is 6.42 Å². The normalized spacial score (nSPS) is 43.8. The molecular weight excluding hydrogens is 142 g/mol. The maximum absolute atomic E-state index is 8.92. The molecule has 1 saturated heterocycles. The summed E-state index contributed by atoms with van der Waals surface area (Å²) >= 11 is 0. The van der Waals surface area contributed by atoms with Crippen LogP contribution in [0.1, 0.15) is 26.7 Å². The molecule has 0 aliphatic carbocycles. The summed E-state index contributed by atoms with van der Waals surface area (Å²) in [6, 6.07) is 2.10. The molecule has 62 valence electrons. The molecule has 1 heterocycles. The van der Waals surface area contributed by atoms with Crippen LogP contribution in [0.3, 0.4) is 0 Å². The molecule has 0 aromatic heterocycles. The van der Waals surface area contributed by atoms with E-state index in [4.69, 9.17) is 15.1 Å². The van der Waals surface area contributed by atoms with Gasteiger partial charge in [-0.2, -0.15) is 5.26 Å². The highest BCUT2D eigenvalue weighted by Crippen LogP contribution is 2.36. The van der Waals surface area contributed by atoms with E-state index < -0.39 is 11.2 Å². The molecule has 11 heavy (non-hydrogen) atoms. The number of hydrogen-bond donors (Lipinski definition) is 1. The van der Waals surface area contributed by atoms with Crippen LogP contribution in [-0.2, 0) is 4.74 Å². The molecular formula is C8H13NO2. The molecule has 0 saturated carbocycles. The number of aliphatic hydroxyl groups is 1. The van der Waals surface area contributed by atoms with Crippen LogP contribution in [-0.4, -0.2) is 22.9 Å². The molecule has 1 fully saturated rings. The molecule has 0 aromatic carbocycles. The van der Waals surface area contributed by atoms with Gasteiger partial charge in [0.2, 0.25) is 0 Å². The van der Waals surface area contributed by atoms with Gasteiger partial charge < -0.3 is 9.84 Å². The Labute approximate surface area is 66.6 Å². The Morgan fingerprint density at radius 3 is 2.45 bits per heavy atom. The van der Waals surface area contributed by atoms with Crippen molar-refractivity contribution in [3.8, 4) is 6.07 Å². The van der Waals surface area contributed by atoms with Crippen LogP contribution in [0, 0.1) is 11.3 Å². The Balaban J connectivity index is 2.68. The summed E-state index contributed by atoms with van der Waals surface area (Å²) in [4.78, 5) is 0. The van der Waals surface area contributed by atoms with E-state index in [1.807, 2.05) is 6.92 Å². The van der Waals surface area contributed by atoms with Crippen LogP contribution < -0.4 is 0 Å². The second-order valence-electron chi connectivity index (χ2n) is 3.55. The van der Waals surface area contributed by atoms with Crippen LogP contribution in [0.25, 0.3) is 0 Å². The molecule has 3 heteroatoms. The highest BCUT2D eigenvalue weighted by atomic mass is 16.5. The zero-order valence-corrected chi connectivity index (χ0v) is 6.92. The molecule has 0 spiro atoms. The number of hydrogen-bond acceptors (Lipinski definition) is 3. The van der Waals surface area contributed by atoms with Gasteiger partial charge in [0.1, 0.15) is 0 Å². The minimum Gasteiger partial charge on any atom is -0.393 e. The lowest BCUT2D eigenvalue weighted by molar-refractivity contribution is -0.0826. The zero-order valence-electron chi connectivity index (χ0n) is 6.92. The summed E-state index contributed by atoms with van der Waals surface area (Å²) in [6.45, 7) is 3.58. The van der Waals surface area contributed by atoms with Crippen molar-refractivity contribution < 1.29 is 9.84 Å². The van der Waals surface area contributed by atoms with Gasteiger partial charge >= 0.3 is 0 Å². The topological polar surface area (TPSA) is 53.2 Å². The first-order valence-electron chi connectivity index (χ1n) is 3.76. The maximum Gasteiger partial charge on any atom is 0.152 e. The van der Waals surface area contributed by atoms with Crippen molar-refractivity contribution in [2.24, 2.45) is 0 Å². The number of aliphatic hydroxyl groups excluding tert-OH is 1. The lowest BCUT2D eigenvalue weighted by Crippen LogP contribution is -2.33.